The Morgan fingerprint density at radius 2 is 1.54 bits per heavy atom. The van der Waals surface area contributed by atoms with Crippen molar-refractivity contribution in [3.05, 3.63) is 107 Å². The van der Waals surface area contributed by atoms with E-state index in [0.29, 0.717) is 19.3 Å². The van der Waals surface area contributed by atoms with E-state index in [1.807, 2.05) is 54.6 Å². The van der Waals surface area contributed by atoms with Crippen molar-refractivity contribution >= 4 is 12.0 Å². The van der Waals surface area contributed by atoms with Crippen LogP contribution in [0.15, 0.2) is 78.9 Å². The van der Waals surface area contributed by atoms with Gasteiger partial charge < -0.3 is 30.5 Å². The average molecular weight is 630 g/mol. The summed E-state index contributed by atoms with van der Waals surface area (Å²) in [4.78, 5) is 29.0. The fourth-order valence-corrected chi connectivity index (χ4v) is 6.09. The van der Waals surface area contributed by atoms with Crippen LogP contribution in [0.3, 0.4) is 0 Å². The Labute approximate surface area is 274 Å². The van der Waals surface area contributed by atoms with Crippen molar-refractivity contribution in [1.29, 1.82) is 0 Å². The summed E-state index contributed by atoms with van der Waals surface area (Å²) in [6, 6.07) is 24.5. The van der Waals surface area contributed by atoms with Crippen molar-refractivity contribution in [2.24, 2.45) is 5.92 Å². The van der Waals surface area contributed by atoms with Crippen molar-refractivity contribution in [2.45, 2.75) is 89.2 Å². The van der Waals surface area contributed by atoms with E-state index in [1.54, 1.807) is 20.8 Å². The van der Waals surface area contributed by atoms with Gasteiger partial charge in [0, 0.05) is 12.3 Å². The third-order valence-corrected chi connectivity index (χ3v) is 8.44. The van der Waals surface area contributed by atoms with E-state index < -0.39 is 41.9 Å². The van der Waals surface area contributed by atoms with Crippen LogP contribution < -0.4 is 10.6 Å². The first-order chi connectivity index (χ1) is 21.9. The SMILES string of the molecule is CN(C)CCCc1ccc(C[C@H](C[C@H](O)[C@H](Cc2ccccc2)NC(=O)OC(C)(C)C)C(=O)N[C@H]2c3ccccc3C[C@H]2O)cc1. The molecule has 1 aliphatic carbocycles. The molecule has 46 heavy (non-hydrogen) atoms. The quantitative estimate of drug-likeness (QED) is 0.200. The van der Waals surface area contributed by atoms with Crippen LogP contribution in [0.2, 0.25) is 0 Å². The number of carbonyl (C=O) groups is 2. The van der Waals surface area contributed by atoms with E-state index >= 15 is 0 Å². The number of rotatable bonds is 14. The van der Waals surface area contributed by atoms with Crippen LogP contribution in [0.1, 0.15) is 67.5 Å². The molecule has 4 rings (SSSR count). The zero-order chi connectivity index (χ0) is 33.3. The number of nitrogens with one attached hydrogen (secondary N) is 2. The molecule has 3 aromatic carbocycles. The van der Waals surface area contributed by atoms with E-state index in [2.05, 4.69) is 53.9 Å². The molecule has 8 heteroatoms. The fourth-order valence-electron chi connectivity index (χ4n) is 6.09. The smallest absolute Gasteiger partial charge is 0.407 e. The van der Waals surface area contributed by atoms with Gasteiger partial charge in [0.1, 0.15) is 5.60 Å². The molecule has 1 aliphatic rings. The highest BCUT2D eigenvalue weighted by Crippen LogP contribution is 2.32. The highest BCUT2D eigenvalue weighted by Gasteiger charge is 2.35. The molecule has 0 saturated heterocycles. The molecule has 3 aromatic rings. The molecule has 0 aromatic heterocycles. The molecule has 8 nitrogen and oxygen atoms in total. The van der Waals surface area contributed by atoms with Crippen LogP contribution in [-0.2, 0) is 35.2 Å². The molecule has 5 atom stereocenters. The van der Waals surface area contributed by atoms with Crippen LogP contribution in [0, 0.1) is 5.92 Å². The predicted molar refractivity (Wildman–Crippen MR) is 181 cm³/mol. The molecule has 0 saturated carbocycles. The number of carbonyl (C=O) groups excluding carboxylic acids is 2. The third kappa shape index (κ3) is 10.7. The molecule has 0 radical (unpaired) electrons. The van der Waals surface area contributed by atoms with Crippen molar-refractivity contribution in [1.82, 2.24) is 15.5 Å². The Kier molecular flexibility index (Phi) is 12.4. The zero-order valence-corrected chi connectivity index (χ0v) is 27.9. The summed E-state index contributed by atoms with van der Waals surface area (Å²) in [6.07, 6.45) is 0.977. The minimum Gasteiger partial charge on any atom is -0.444 e. The maximum atomic E-state index is 14.0. The van der Waals surface area contributed by atoms with E-state index in [-0.39, 0.29) is 12.3 Å². The van der Waals surface area contributed by atoms with E-state index in [4.69, 9.17) is 4.74 Å². The van der Waals surface area contributed by atoms with Gasteiger partial charge >= 0.3 is 6.09 Å². The minimum atomic E-state index is -1.05. The number of benzene rings is 3. The number of amides is 2. The Morgan fingerprint density at radius 3 is 2.22 bits per heavy atom. The number of aliphatic hydroxyl groups excluding tert-OH is 2. The lowest BCUT2D eigenvalue weighted by atomic mass is 9.88. The van der Waals surface area contributed by atoms with Gasteiger partial charge in [0.25, 0.3) is 0 Å². The van der Waals surface area contributed by atoms with Crippen LogP contribution in [-0.4, -0.2) is 71.6 Å². The second-order valence-corrected chi connectivity index (χ2v) is 13.8. The first-order valence-corrected chi connectivity index (χ1v) is 16.4. The number of alkyl carbamates (subject to hydrolysis) is 1. The summed E-state index contributed by atoms with van der Waals surface area (Å²) in [5.74, 6) is -0.862. The van der Waals surface area contributed by atoms with Gasteiger partial charge in [-0.05, 0) is 101 Å². The van der Waals surface area contributed by atoms with Gasteiger partial charge in [0.05, 0.1) is 24.3 Å². The summed E-state index contributed by atoms with van der Waals surface area (Å²) in [6.45, 7) is 6.38. The van der Waals surface area contributed by atoms with E-state index in [1.165, 1.54) is 5.56 Å². The van der Waals surface area contributed by atoms with Crippen molar-refractivity contribution in [2.75, 3.05) is 20.6 Å². The Morgan fingerprint density at radius 1 is 0.913 bits per heavy atom. The Bertz CT molecular complexity index is 1400. The summed E-state index contributed by atoms with van der Waals surface area (Å²) in [5.41, 5.74) is 4.40. The van der Waals surface area contributed by atoms with Gasteiger partial charge in [-0.2, -0.15) is 0 Å². The normalized spacial score (nSPS) is 18.0. The van der Waals surface area contributed by atoms with Gasteiger partial charge in [0.2, 0.25) is 5.91 Å². The topological polar surface area (TPSA) is 111 Å². The van der Waals surface area contributed by atoms with Gasteiger partial charge in [-0.25, -0.2) is 4.79 Å². The van der Waals surface area contributed by atoms with Crippen LogP contribution in [0.25, 0.3) is 0 Å². The number of aliphatic hydroxyl groups is 2. The van der Waals surface area contributed by atoms with E-state index in [0.717, 1.165) is 41.6 Å². The third-order valence-electron chi connectivity index (χ3n) is 8.44. The van der Waals surface area contributed by atoms with Crippen LogP contribution in [0.4, 0.5) is 4.79 Å². The van der Waals surface area contributed by atoms with Crippen molar-refractivity contribution < 1.29 is 24.5 Å². The number of fused-ring (bicyclic) bond motifs is 1. The summed E-state index contributed by atoms with van der Waals surface area (Å²) in [7, 11) is 4.14. The van der Waals surface area contributed by atoms with Gasteiger partial charge in [-0.3, -0.25) is 4.79 Å². The average Bonchev–Trinajstić information content (AvgIpc) is 3.31. The Hall–Kier alpha value is -3.72. The summed E-state index contributed by atoms with van der Waals surface area (Å²) in [5, 5.41) is 28.5. The highest BCUT2D eigenvalue weighted by molar-refractivity contribution is 5.80. The van der Waals surface area contributed by atoms with Crippen molar-refractivity contribution in [3.63, 3.8) is 0 Å². The first-order valence-electron chi connectivity index (χ1n) is 16.4. The monoisotopic (exact) mass is 629 g/mol. The maximum Gasteiger partial charge on any atom is 0.407 e. The van der Waals surface area contributed by atoms with Gasteiger partial charge in [0.15, 0.2) is 0 Å². The zero-order valence-electron chi connectivity index (χ0n) is 27.9. The molecule has 248 valence electrons. The predicted octanol–water partition coefficient (Wildman–Crippen LogP) is 5.00. The lowest BCUT2D eigenvalue weighted by Gasteiger charge is -2.30. The Balaban J connectivity index is 1.55. The maximum absolute atomic E-state index is 14.0. The largest absolute Gasteiger partial charge is 0.444 e. The molecule has 4 N–H and O–H groups in total. The van der Waals surface area contributed by atoms with Crippen molar-refractivity contribution in [3.8, 4) is 0 Å². The van der Waals surface area contributed by atoms with Crippen LogP contribution in [0.5, 0.6) is 0 Å². The summed E-state index contributed by atoms with van der Waals surface area (Å²) < 4.78 is 5.52. The van der Waals surface area contributed by atoms with Gasteiger partial charge in [-0.15, -0.1) is 0 Å². The summed E-state index contributed by atoms with van der Waals surface area (Å²) >= 11 is 0. The lowest BCUT2D eigenvalue weighted by molar-refractivity contribution is -0.127. The van der Waals surface area contributed by atoms with Crippen LogP contribution >= 0.6 is 0 Å². The molecule has 0 unspecified atom stereocenters. The highest BCUT2D eigenvalue weighted by atomic mass is 16.6. The molecule has 0 heterocycles. The molecule has 0 aliphatic heterocycles. The van der Waals surface area contributed by atoms with Gasteiger partial charge in [-0.1, -0.05) is 78.9 Å². The van der Waals surface area contributed by atoms with E-state index in [9.17, 15) is 19.8 Å². The molecule has 0 bridgehead atoms. The number of ether oxygens (including phenoxy) is 1. The number of hydrogen-bond donors (Lipinski definition) is 4. The molecule has 0 fully saturated rings. The molecular weight excluding hydrogens is 578 g/mol. The minimum absolute atomic E-state index is 0.105. The second-order valence-electron chi connectivity index (χ2n) is 13.8. The molecule has 0 spiro atoms. The number of aryl methyl sites for hydroxylation is 1. The second kappa shape index (κ2) is 16.2. The number of nitrogens with zero attached hydrogens (tertiary/aromatic N) is 1. The first kappa shape index (κ1) is 35.1. The molecule has 2 amide bonds. The number of hydrogen-bond acceptors (Lipinski definition) is 6. The lowest BCUT2D eigenvalue weighted by Crippen LogP contribution is -2.48. The molecular formula is C38H51N3O5. The standard InChI is InChI=1S/C38H51N3O5/c1-38(2,3)46-37(45)39-32(23-27-12-7-6-8-13-27)33(42)25-30(22-28-19-17-26(18-20-28)14-11-21-41(4)5)36(44)40-35-31-16-10-9-15-29(31)24-34(35)43/h6-10,12-13,15-20,30,32-35,42-43H,11,14,21-25H2,1-5H3,(H,39,45)(H,40,44)/t30-,32+,33+,34-,35+/m1/s1. The fraction of sp³-hybridized carbons (Fsp3) is 0.474.